The number of hydrogen-bond acceptors (Lipinski definition) is 2. The summed E-state index contributed by atoms with van der Waals surface area (Å²) in [6, 6.07) is 3.42. The van der Waals surface area contributed by atoms with Crippen LogP contribution in [0.5, 0.6) is 0 Å². The molecule has 18 heavy (non-hydrogen) atoms. The van der Waals surface area contributed by atoms with Crippen LogP contribution in [0, 0.1) is 5.82 Å². The summed E-state index contributed by atoms with van der Waals surface area (Å²) in [4.78, 5) is 11.3. The van der Waals surface area contributed by atoms with Gasteiger partial charge in [-0.3, -0.25) is 10.1 Å². The molecule has 1 unspecified atom stereocenters. The molecular formula is C13H15ClFNO2. The van der Waals surface area contributed by atoms with Gasteiger partial charge in [0, 0.05) is 6.04 Å². The minimum absolute atomic E-state index is 0.0491. The second-order valence-electron chi connectivity index (χ2n) is 4.59. The van der Waals surface area contributed by atoms with Crippen LogP contribution < -0.4 is 5.32 Å². The molecule has 1 aliphatic rings. The van der Waals surface area contributed by atoms with Crippen LogP contribution in [0.1, 0.15) is 37.3 Å². The molecule has 0 heterocycles. The Kier molecular flexibility index (Phi) is 4.19. The third-order valence-corrected chi connectivity index (χ3v) is 3.57. The average molecular weight is 272 g/mol. The van der Waals surface area contributed by atoms with Gasteiger partial charge < -0.3 is 5.11 Å². The van der Waals surface area contributed by atoms with Crippen molar-refractivity contribution in [2.24, 2.45) is 0 Å². The van der Waals surface area contributed by atoms with Crippen LogP contribution in [0.4, 0.5) is 4.39 Å². The van der Waals surface area contributed by atoms with Gasteiger partial charge in [-0.25, -0.2) is 4.39 Å². The molecule has 0 bridgehead atoms. The van der Waals surface area contributed by atoms with Gasteiger partial charge in [-0.15, -0.1) is 0 Å². The SMILES string of the molecule is O=C(O)C(NC1CCCC1)c1ccc(F)c(Cl)c1. The van der Waals surface area contributed by atoms with E-state index in [9.17, 15) is 14.3 Å². The molecule has 0 aromatic heterocycles. The predicted octanol–water partition coefficient (Wildman–Crippen LogP) is 3.14. The lowest BCUT2D eigenvalue weighted by Gasteiger charge is -2.20. The molecule has 1 aliphatic carbocycles. The molecule has 2 rings (SSSR count). The standard InChI is InChI=1S/C13H15ClFNO2/c14-10-7-8(5-6-11(10)15)12(13(17)18)16-9-3-1-2-4-9/h5-7,9,12,16H,1-4H2,(H,17,18). The van der Waals surface area contributed by atoms with Crippen molar-refractivity contribution >= 4 is 17.6 Å². The van der Waals surface area contributed by atoms with Crippen molar-refractivity contribution in [3.05, 3.63) is 34.6 Å². The summed E-state index contributed by atoms with van der Waals surface area (Å²) in [7, 11) is 0. The zero-order valence-electron chi connectivity index (χ0n) is 9.83. The maximum absolute atomic E-state index is 13.1. The Bertz CT molecular complexity index is 447. The van der Waals surface area contributed by atoms with Gasteiger partial charge in [0.1, 0.15) is 11.9 Å². The van der Waals surface area contributed by atoms with E-state index < -0.39 is 17.8 Å². The van der Waals surface area contributed by atoms with E-state index in [2.05, 4.69) is 5.32 Å². The molecule has 98 valence electrons. The number of carbonyl (C=O) groups is 1. The lowest BCUT2D eigenvalue weighted by atomic mass is 10.1. The summed E-state index contributed by atoms with van der Waals surface area (Å²) < 4.78 is 13.1. The van der Waals surface area contributed by atoms with Crippen LogP contribution in [-0.4, -0.2) is 17.1 Å². The lowest BCUT2D eigenvalue weighted by molar-refractivity contribution is -0.139. The highest BCUT2D eigenvalue weighted by Gasteiger charge is 2.25. The van der Waals surface area contributed by atoms with Crippen molar-refractivity contribution < 1.29 is 14.3 Å². The van der Waals surface area contributed by atoms with E-state index in [4.69, 9.17) is 11.6 Å². The van der Waals surface area contributed by atoms with Crippen molar-refractivity contribution in [3.8, 4) is 0 Å². The Morgan fingerprint density at radius 2 is 2.11 bits per heavy atom. The highest BCUT2D eigenvalue weighted by Crippen LogP contribution is 2.25. The first-order chi connectivity index (χ1) is 8.58. The number of rotatable bonds is 4. The smallest absolute Gasteiger partial charge is 0.325 e. The first-order valence-corrected chi connectivity index (χ1v) is 6.39. The molecule has 3 nitrogen and oxygen atoms in total. The topological polar surface area (TPSA) is 49.3 Å². The van der Waals surface area contributed by atoms with Gasteiger partial charge in [-0.1, -0.05) is 30.5 Å². The van der Waals surface area contributed by atoms with Crippen LogP contribution in [0.3, 0.4) is 0 Å². The molecular weight excluding hydrogens is 257 g/mol. The van der Waals surface area contributed by atoms with Crippen LogP contribution in [0.15, 0.2) is 18.2 Å². The van der Waals surface area contributed by atoms with Gasteiger partial charge in [-0.2, -0.15) is 0 Å². The van der Waals surface area contributed by atoms with E-state index >= 15 is 0 Å². The lowest BCUT2D eigenvalue weighted by Crippen LogP contribution is -2.35. The molecule has 1 saturated carbocycles. The van der Waals surface area contributed by atoms with Crippen molar-refractivity contribution in [2.75, 3.05) is 0 Å². The number of carboxylic acids is 1. The first kappa shape index (κ1) is 13.3. The van der Waals surface area contributed by atoms with Crippen molar-refractivity contribution in [3.63, 3.8) is 0 Å². The molecule has 0 saturated heterocycles. The minimum atomic E-state index is -0.968. The van der Waals surface area contributed by atoms with Crippen molar-refractivity contribution in [2.45, 2.75) is 37.8 Å². The Labute approximate surface area is 110 Å². The molecule has 0 spiro atoms. The van der Waals surface area contributed by atoms with E-state index in [1.54, 1.807) is 0 Å². The normalized spacial score (nSPS) is 17.9. The van der Waals surface area contributed by atoms with E-state index in [1.165, 1.54) is 18.2 Å². The second-order valence-corrected chi connectivity index (χ2v) is 5.00. The number of carboxylic acid groups (broad SMARTS) is 1. The van der Waals surface area contributed by atoms with Gasteiger partial charge in [0.2, 0.25) is 0 Å². The number of hydrogen-bond donors (Lipinski definition) is 2. The molecule has 0 aliphatic heterocycles. The van der Waals surface area contributed by atoms with Gasteiger partial charge in [0.15, 0.2) is 0 Å². The maximum atomic E-state index is 13.1. The largest absolute Gasteiger partial charge is 0.480 e. The fourth-order valence-electron chi connectivity index (χ4n) is 2.33. The minimum Gasteiger partial charge on any atom is -0.480 e. The average Bonchev–Trinajstić information content (AvgIpc) is 2.82. The number of aliphatic carboxylic acids is 1. The molecule has 1 aromatic carbocycles. The quantitative estimate of drug-likeness (QED) is 0.884. The number of halogens is 2. The molecule has 2 N–H and O–H groups in total. The summed E-state index contributed by atoms with van der Waals surface area (Å²) in [5, 5.41) is 12.3. The molecule has 0 radical (unpaired) electrons. The second kappa shape index (κ2) is 5.67. The molecule has 5 heteroatoms. The van der Waals surface area contributed by atoms with E-state index in [-0.39, 0.29) is 11.1 Å². The first-order valence-electron chi connectivity index (χ1n) is 6.01. The van der Waals surface area contributed by atoms with E-state index in [0.717, 1.165) is 25.7 Å². The summed E-state index contributed by atoms with van der Waals surface area (Å²) >= 11 is 5.68. The van der Waals surface area contributed by atoms with Gasteiger partial charge in [0.05, 0.1) is 5.02 Å². The third-order valence-electron chi connectivity index (χ3n) is 3.28. The monoisotopic (exact) mass is 271 g/mol. The van der Waals surface area contributed by atoms with Gasteiger partial charge in [-0.05, 0) is 30.5 Å². The van der Waals surface area contributed by atoms with Crippen LogP contribution >= 0.6 is 11.6 Å². The Hall–Kier alpha value is -1.13. The Morgan fingerprint density at radius 1 is 1.44 bits per heavy atom. The maximum Gasteiger partial charge on any atom is 0.325 e. The summed E-state index contributed by atoms with van der Waals surface area (Å²) in [6.45, 7) is 0. The highest BCUT2D eigenvalue weighted by atomic mass is 35.5. The van der Waals surface area contributed by atoms with Crippen molar-refractivity contribution in [1.29, 1.82) is 0 Å². The molecule has 1 aromatic rings. The molecule has 1 atom stereocenters. The Morgan fingerprint density at radius 3 is 2.67 bits per heavy atom. The van der Waals surface area contributed by atoms with Gasteiger partial charge >= 0.3 is 5.97 Å². The zero-order valence-corrected chi connectivity index (χ0v) is 10.6. The summed E-state index contributed by atoms with van der Waals surface area (Å²) in [5.41, 5.74) is 0.487. The summed E-state index contributed by atoms with van der Waals surface area (Å²) in [6.07, 6.45) is 4.21. The molecule has 0 amide bonds. The predicted molar refractivity (Wildman–Crippen MR) is 67.2 cm³/mol. The number of benzene rings is 1. The molecule has 1 fully saturated rings. The van der Waals surface area contributed by atoms with Crippen LogP contribution in [0.2, 0.25) is 5.02 Å². The Balaban J connectivity index is 2.17. The van der Waals surface area contributed by atoms with E-state index in [0.29, 0.717) is 5.56 Å². The van der Waals surface area contributed by atoms with Crippen molar-refractivity contribution in [1.82, 2.24) is 5.32 Å². The van der Waals surface area contributed by atoms with Crippen LogP contribution in [0.25, 0.3) is 0 Å². The van der Waals surface area contributed by atoms with Gasteiger partial charge in [0.25, 0.3) is 0 Å². The highest BCUT2D eigenvalue weighted by molar-refractivity contribution is 6.30. The van der Waals surface area contributed by atoms with Crippen LogP contribution in [-0.2, 0) is 4.79 Å². The fourth-order valence-corrected chi connectivity index (χ4v) is 2.52. The fraction of sp³-hybridized carbons (Fsp3) is 0.462. The zero-order chi connectivity index (χ0) is 13.1. The van der Waals surface area contributed by atoms with E-state index in [1.807, 2.05) is 0 Å². The summed E-state index contributed by atoms with van der Waals surface area (Å²) in [5.74, 6) is -1.50. The number of nitrogens with one attached hydrogen (secondary N) is 1. The third kappa shape index (κ3) is 3.00.